The van der Waals surface area contributed by atoms with Crippen LogP contribution < -0.4 is 5.32 Å². The minimum atomic E-state index is -0.133. The van der Waals surface area contributed by atoms with Crippen LogP contribution in [-0.2, 0) is 17.9 Å². The van der Waals surface area contributed by atoms with Crippen molar-refractivity contribution < 1.29 is 4.79 Å². The summed E-state index contributed by atoms with van der Waals surface area (Å²) in [6, 6.07) is 10.2. The van der Waals surface area contributed by atoms with Gasteiger partial charge in [0.1, 0.15) is 6.54 Å². The quantitative estimate of drug-likeness (QED) is 0.513. The Labute approximate surface area is 182 Å². The van der Waals surface area contributed by atoms with Crippen molar-refractivity contribution in [3.05, 3.63) is 65.2 Å². The summed E-state index contributed by atoms with van der Waals surface area (Å²) in [6.45, 7) is 10.9. The van der Waals surface area contributed by atoms with E-state index in [0.29, 0.717) is 5.65 Å². The summed E-state index contributed by atoms with van der Waals surface area (Å²) < 4.78 is 3.57. The number of carbonyl (C=O) groups excluding carboxylic acids is 1. The fraction of sp³-hybridized carbons (Fsp3) is 0.333. The molecule has 0 radical (unpaired) electrons. The van der Waals surface area contributed by atoms with Crippen molar-refractivity contribution in [1.29, 1.82) is 0 Å². The third kappa shape index (κ3) is 4.08. The second-order valence-corrected chi connectivity index (χ2v) is 7.98. The van der Waals surface area contributed by atoms with Crippen LogP contribution in [0.25, 0.3) is 22.2 Å². The van der Waals surface area contributed by atoms with Gasteiger partial charge in [-0.25, -0.2) is 9.67 Å². The van der Waals surface area contributed by atoms with E-state index in [0.717, 1.165) is 40.0 Å². The molecule has 4 rings (SSSR count). The van der Waals surface area contributed by atoms with Crippen LogP contribution in [0.2, 0.25) is 0 Å². The molecule has 0 spiro atoms. The van der Waals surface area contributed by atoms with Crippen molar-refractivity contribution in [2.24, 2.45) is 0 Å². The molecule has 160 valence electrons. The summed E-state index contributed by atoms with van der Waals surface area (Å²) in [6.07, 6.45) is 3.77. The second-order valence-electron chi connectivity index (χ2n) is 7.98. The number of nitrogens with one attached hydrogen (secondary N) is 1. The molecule has 31 heavy (non-hydrogen) atoms. The standard InChI is InChI=1S/C24H28N6O/c1-6-29-13-21(17(4)27-29)16(3)26-22(31)14-30-24-23(18(5)28-30)20(10-11-25-24)19-9-7-8-15(2)12-19/h7-13,16H,6,14H2,1-5H3,(H,26,31). The van der Waals surface area contributed by atoms with Gasteiger partial charge in [-0.15, -0.1) is 0 Å². The average Bonchev–Trinajstić information content (AvgIpc) is 3.27. The maximum Gasteiger partial charge on any atom is 0.242 e. The predicted octanol–water partition coefficient (Wildman–Crippen LogP) is 4.12. The summed E-state index contributed by atoms with van der Waals surface area (Å²) in [5, 5.41) is 13.1. The van der Waals surface area contributed by atoms with Crippen molar-refractivity contribution in [2.75, 3.05) is 0 Å². The zero-order valence-electron chi connectivity index (χ0n) is 18.7. The Kier molecular flexibility index (Phi) is 5.59. The predicted molar refractivity (Wildman–Crippen MR) is 122 cm³/mol. The van der Waals surface area contributed by atoms with Crippen LogP contribution in [0, 0.1) is 20.8 Å². The SMILES string of the molecule is CCn1cc(C(C)NC(=O)Cn2nc(C)c3c(-c4cccc(C)c4)ccnc32)c(C)n1. The first-order valence-electron chi connectivity index (χ1n) is 10.6. The van der Waals surface area contributed by atoms with Gasteiger partial charge in [0, 0.05) is 29.9 Å². The van der Waals surface area contributed by atoms with E-state index in [1.54, 1.807) is 10.9 Å². The Bertz CT molecular complexity index is 1250. The van der Waals surface area contributed by atoms with Crippen LogP contribution in [0.1, 0.15) is 42.4 Å². The van der Waals surface area contributed by atoms with Crippen molar-refractivity contribution in [1.82, 2.24) is 29.9 Å². The largest absolute Gasteiger partial charge is 0.348 e. The van der Waals surface area contributed by atoms with Crippen molar-refractivity contribution in [2.45, 2.75) is 53.8 Å². The van der Waals surface area contributed by atoms with E-state index in [9.17, 15) is 4.79 Å². The first-order chi connectivity index (χ1) is 14.9. The lowest BCUT2D eigenvalue weighted by atomic mass is 10.0. The van der Waals surface area contributed by atoms with Crippen molar-refractivity contribution >= 4 is 16.9 Å². The van der Waals surface area contributed by atoms with Gasteiger partial charge in [0.05, 0.1) is 17.4 Å². The summed E-state index contributed by atoms with van der Waals surface area (Å²) >= 11 is 0. The molecule has 0 aliphatic heterocycles. The zero-order chi connectivity index (χ0) is 22.1. The zero-order valence-corrected chi connectivity index (χ0v) is 18.7. The number of hydrogen-bond acceptors (Lipinski definition) is 4. The average molecular weight is 417 g/mol. The molecule has 1 atom stereocenters. The molecule has 3 aromatic heterocycles. The Morgan fingerprint density at radius 2 is 1.94 bits per heavy atom. The van der Waals surface area contributed by atoms with E-state index >= 15 is 0 Å². The van der Waals surface area contributed by atoms with E-state index in [-0.39, 0.29) is 18.5 Å². The molecular weight excluding hydrogens is 388 g/mol. The molecule has 0 aliphatic carbocycles. The van der Waals surface area contributed by atoms with Gasteiger partial charge in [-0.05, 0) is 51.8 Å². The minimum absolute atomic E-state index is 0.108. The van der Waals surface area contributed by atoms with Gasteiger partial charge < -0.3 is 5.32 Å². The van der Waals surface area contributed by atoms with E-state index in [1.807, 2.05) is 50.7 Å². The molecule has 1 unspecified atom stereocenters. The Hall–Kier alpha value is -3.48. The van der Waals surface area contributed by atoms with E-state index in [2.05, 4.69) is 45.6 Å². The molecular formula is C24H28N6O. The number of amides is 1. The highest BCUT2D eigenvalue weighted by molar-refractivity contribution is 5.95. The number of carbonyl (C=O) groups is 1. The number of hydrogen-bond donors (Lipinski definition) is 1. The monoisotopic (exact) mass is 416 g/mol. The van der Waals surface area contributed by atoms with Crippen LogP contribution >= 0.6 is 0 Å². The number of rotatable bonds is 6. The fourth-order valence-corrected chi connectivity index (χ4v) is 4.07. The summed E-state index contributed by atoms with van der Waals surface area (Å²) in [7, 11) is 0. The highest BCUT2D eigenvalue weighted by atomic mass is 16.2. The lowest BCUT2D eigenvalue weighted by molar-refractivity contribution is -0.122. The Morgan fingerprint density at radius 3 is 2.65 bits per heavy atom. The highest BCUT2D eigenvalue weighted by Gasteiger charge is 2.18. The molecule has 0 bridgehead atoms. The van der Waals surface area contributed by atoms with Gasteiger partial charge in [-0.2, -0.15) is 10.2 Å². The number of fused-ring (bicyclic) bond motifs is 1. The molecule has 4 aromatic rings. The number of aryl methyl sites for hydroxylation is 4. The smallest absolute Gasteiger partial charge is 0.242 e. The number of benzene rings is 1. The summed E-state index contributed by atoms with van der Waals surface area (Å²) in [5.41, 5.74) is 6.93. The molecule has 1 aromatic carbocycles. The number of pyridine rings is 1. The minimum Gasteiger partial charge on any atom is -0.348 e. The van der Waals surface area contributed by atoms with Gasteiger partial charge in [0.25, 0.3) is 0 Å². The maximum atomic E-state index is 12.8. The third-order valence-corrected chi connectivity index (χ3v) is 5.58. The van der Waals surface area contributed by atoms with Crippen LogP contribution in [-0.4, -0.2) is 30.5 Å². The molecule has 1 amide bonds. The first kappa shape index (κ1) is 20.8. The van der Waals surface area contributed by atoms with Gasteiger partial charge in [0.2, 0.25) is 5.91 Å². The molecule has 0 aliphatic rings. The fourth-order valence-electron chi connectivity index (χ4n) is 4.07. The van der Waals surface area contributed by atoms with Crippen LogP contribution in [0.4, 0.5) is 0 Å². The number of aromatic nitrogens is 5. The molecule has 7 heteroatoms. The number of nitrogens with zero attached hydrogens (tertiary/aromatic N) is 5. The Balaban J connectivity index is 1.59. The van der Waals surface area contributed by atoms with Crippen molar-refractivity contribution in [3.63, 3.8) is 0 Å². The molecule has 3 heterocycles. The van der Waals surface area contributed by atoms with Gasteiger partial charge in [-0.3, -0.25) is 9.48 Å². The Morgan fingerprint density at radius 1 is 1.13 bits per heavy atom. The van der Waals surface area contributed by atoms with Gasteiger partial charge in [-0.1, -0.05) is 29.8 Å². The summed E-state index contributed by atoms with van der Waals surface area (Å²) in [5.74, 6) is -0.108. The van der Waals surface area contributed by atoms with Gasteiger partial charge >= 0.3 is 0 Å². The van der Waals surface area contributed by atoms with Crippen LogP contribution in [0.5, 0.6) is 0 Å². The normalized spacial score (nSPS) is 12.3. The highest BCUT2D eigenvalue weighted by Crippen LogP contribution is 2.30. The van der Waals surface area contributed by atoms with E-state index < -0.39 is 0 Å². The molecule has 0 saturated heterocycles. The van der Waals surface area contributed by atoms with E-state index in [1.165, 1.54) is 5.56 Å². The lowest BCUT2D eigenvalue weighted by Gasteiger charge is -2.13. The maximum absolute atomic E-state index is 12.8. The first-order valence-corrected chi connectivity index (χ1v) is 10.6. The lowest BCUT2D eigenvalue weighted by Crippen LogP contribution is -2.30. The third-order valence-electron chi connectivity index (χ3n) is 5.58. The van der Waals surface area contributed by atoms with Crippen molar-refractivity contribution in [3.8, 4) is 11.1 Å². The molecule has 7 nitrogen and oxygen atoms in total. The van der Waals surface area contributed by atoms with Crippen LogP contribution in [0.3, 0.4) is 0 Å². The van der Waals surface area contributed by atoms with Gasteiger partial charge in [0.15, 0.2) is 5.65 Å². The summed E-state index contributed by atoms with van der Waals surface area (Å²) in [4.78, 5) is 17.3. The van der Waals surface area contributed by atoms with Crippen LogP contribution in [0.15, 0.2) is 42.7 Å². The second kappa shape index (κ2) is 8.34. The molecule has 1 N–H and O–H groups in total. The van der Waals surface area contributed by atoms with E-state index in [4.69, 9.17) is 0 Å². The molecule has 0 saturated carbocycles. The topological polar surface area (TPSA) is 77.6 Å². The molecule has 0 fully saturated rings.